The molecular formula is C23H15NO2S. The van der Waals surface area contributed by atoms with Gasteiger partial charge in [0.15, 0.2) is 0 Å². The molecule has 130 valence electrons. The van der Waals surface area contributed by atoms with Crippen molar-refractivity contribution in [3.63, 3.8) is 0 Å². The van der Waals surface area contributed by atoms with Crippen molar-refractivity contribution >= 4 is 39.6 Å². The van der Waals surface area contributed by atoms with Crippen molar-refractivity contribution in [1.29, 1.82) is 0 Å². The van der Waals surface area contributed by atoms with Gasteiger partial charge in [0.1, 0.15) is 0 Å². The second-order valence-electron chi connectivity index (χ2n) is 6.55. The van der Waals surface area contributed by atoms with Crippen LogP contribution < -0.4 is 4.90 Å². The number of imide groups is 1. The number of carbonyl (C=O) groups excluding carboxylic acids is 2. The lowest BCUT2D eigenvalue weighted by atomic mass is 9.90. The van der Waals surface area contributed by atoms with Gasteiger partial charge in [-0.3, -0.25) is 9.59 Å². The van der Waals surface area contributed by atoms with E-state index in [1.54, 1.807) is 23.5 Å². The first-order chi connectivity index (χ1) is 13.2. The quantitative estimate of drug-likeness (QED) is 0.427. The molecule has 27 heavy (non-hydrogen) atoms. The number of anilines is 1. The number of aryl methyl sites for hydroxylation is 1. The van der Waals surface area contributed by atoms with Gasteiger partial charge < -0.3 is 0 Å². The minimum atomic E-state index is -0.251. The molecular weight excluding hydrogens is 354 g/mol. The van der Waals surface area contributed by atoms with E-state index >= 15 is 0 Å². The lowest BCUT2D eigenvalue weighted by Crippen LogP contribution is -2.29. The van der Waals surface area contributed by atoms with Crippen LogP contribution >= 0.6 is 11.3 Å². The molecule has 0 saturated carbocycles. The first kappa shape index (κ1) is 16.0. The Morgan fingerprint density at radius 3 is 2.07 bits per heavy atom. The van der Waals surface area contributed by atoms with Gasteiger partial charge in [-0.25, -0.2) is 4.90 Å². The van der Waals surface area contributed by atoms with Crippen LogP contribution in [0.1, 0.15) is 26.3 Å². The Morgan fingerprint density at radius 1 is 0.704 bits per heavy atom. The number of hydrogen-bond acceptors (Lipinski definition) is 3. The molecule has 0 radical (unpaired) electrons. The highest BCUT2D eigenvalue weighted by atomic mass is 32.1. The van der Waals surface area contributed by atoms with Crippen molar-refractivity contribution in [3.8, 4) is 10.4 Å². The first-order valence-corrected chi connectivity index (χ1v) is 9.59. The normalized spacial score (nSPS) is 13.4. The van der Waals surface area contributed by atoms with Crippen LogP contribution in [0.3, 0.4) is 0 Å². The molecule has 2 heterocycles. The van der Waals surface area contributed by atoms with E-state index in [-0.39, 0.29) is 11.8 Å². The number of nitrogens with zero attached hydrogens (tertiary/aromatic N) is 1. The highest BCUT2D eigenvalue weighted by Crippen LogP contribution is 2.43. The van der Waals surface area contributed by atoms with Gasteiger partial charge in [-0.05, 0) is 46.8 Å². The fourth-order valence-electron chi connectivity index (χ4n) is 3.90. The summed E-state index contributed by atoms with van der Waals surface area (Å²) < 4.78 is 0. The van der Waals surface area contributed by atoms with Crippen LogP contribution in [0.15, 0.2) is 72.1 Å². The van der Waals surface area contributed by atoms with Crippen molar-refractivity contribution in [1.82, 2.24) is 0 Å². The van der Waals surface area contributed by atoms with E-state index in [0.29, 0.717) is 16.8 Å². The molecule has 1 aromatic heterocycles. The number of para-hydroxylation sites is 1. The zero-order chi connectivity index (χ0) is 18.5. The summed E-state index contributed by atoms with van der Waals surface area (Å²) in [7, 11) is 0. The molecule has 0 atom stereocenters. The molecule has 4 aromatic rings. The molecule has 0 aliphatic carbocycles. The van der Waals surface area contributed by atoms with E-state index in [1.807, 2.05) is 66.9 Å². The van der Waals surface area contributed by atoms with Crippen molar-refractivity contribution < 1.29 is 9.59 Å². The lowest BCUT2D eigenvalue weighted by molar-refractivity contribution is 0.0926. The number of amides is 2. The number of hydrogen-bond donors (Lipinski definition) is 0. The largest absolute Gasteiger partial charge is 0.268 e. The molecule has 4 heteroatoms. The third-order valence-electron chi connectivity index (χ3n) is 5.09. The van der Waals surface area contributed by atoms with Gasteiger partial charge in [-0.2, -0.15) is 0 Å². The van der Waals surface area contributed by atoms with Gasteiger partial charge >= 0.3 is 0 Å². The molecule has 0 N–H and O–H groups in total. The number of carbonyl (C=O) groups is 2. The van der Waals surface area contributed by atoms with Crippen LogP contribution in [0, 0.1) is 6.92 Å². The van der Waals surface area contributed by atoms with Crippen molar-refractivity contribution in [2.45, 2.75) is 6.92 Å². The number of thiophene rings is 1. The Labute approximate surface area is 160 Å². The molecule has 0 saturated heterocycles. The third-order valence-corrected chi connectivity index (χ3v) is 5.98. The fraction of sp³-hybridized carbons (Fsp3) is 0.0435. The van der Waals surface area contributed by atoms with Gasteiger partial charge in [0, 0.05) is 10.4 Å². The van der Waals surface area contributed by atoms with E-state index in [0.717, 1.165) is 26.8 Å². The second kappa shape index (κ2) is 5.89. The predicted molar refractivity (Wildman–Crippen MR) is 110 cm³/mol. The Morgan fingerprint density at radius 2 is 1.37 bits per heavy atom. The minimum absolute atomic E-state index is 0.248. The zero-order valence-electron chi connectivity index (χ0n) is 14.6. The monoisotopic (exact) mass is 369 g/mol. The van der Waals surface area contributed by atoms with Gasteiger partial charge in [0.05, 0.1) is 16.8 Å². The lowest BCUT2D eigenvalue weighted by Gasteiger charge is -2.13. The maximum atomic E-state index is 13.4. The summed E-state index contributed by atoms with van der Waals surface area (Å²) in [5.41, 5.74) is 3.36. The Hall–Kier alpha value is -3.24. The molecule has 5 rings (SSSR count). The van der Waals surface area contributed by atoms with Gasteiger partial charge in [0.25, 0.3) is 11.8 Å². The topological polar surface area (TPSA) is 37.4 Å². The van der Waals surface area contributed by atoms with E-state index in [1.165, 1.54) is 4.90 Å². The standard InChI is InChI=1S/C23H15NO2S/c1-14-16-10-5-6-11-17(16)20(18-12-7-13-27-18)21-19(14)22(25)24(23(21)26)15-8-3-2-4-9-15/h2-13H,1H3. The molecule has 0 unspecified atom stereocenters. The fourth-order valence-corrected chi connectivity index (χ4v) is 4.69. The smallest absolute Gasteiger partial charge is 0.266 e. The summed E-state index contributed by atoms with van der Waals surface area (Å²) in [5, 5.41) is 4.01. The summed E-state index contributed by atoms with van der Waals surface area (Å²) in [4.78, 5) is 29.0. The van der Waals surface area contributed by atoms with Crippen LogP contribution in [0.5, 0.6) is 0 Å². The molecule has 3 nitrogen and oxygen atoms in total. The van der Waals surface area contributed by atoms with E-state index < -0.39 is 0 Å². The molecule has 0 bridgehead atoms. The second-order valence-corrected chi connectivity index (χ2v) is 7.50. The van der Waals surface area contributed by atoms with Gasteiger partial charge in [-0.1, -0.05) is 48.5 Å². The highest BCUT2D eigenvalue weighted by Gasteiger charge is 2.41. The molecule has 1 aliphatic rings. The molecule has 0 fully saturated rings. The van der Waals surface area contributed by atoms with Crippen molar-refractivity contribution in [2.24, 2.45) is 0 Å². The van der Waals surface area contributed by atoms with Crippen LogP contribution in [-0.2, 0) is 0 Å². The summed E-state index contributed by atoms with van der Waals surface area (Å²) in [5.74, 6) is -0.499. The Kier molecular flexibility index (Phi) is 3.49. The minimum Gasteiger partial charge on any atom is -0.268 e. The number of rotatable bonds is 2. The predicted octanol–water partition coefficient (Wildman–Crippen LogP) is 5.68. The van der Waals surface area contributed by atoms with Crippen molar-refractivity contribution in [3.05, 3.63) is 88.8 Å². The third kappa shape index (κ3) is 2.20. The Balaban J connectivity index is 1.89. The summed E-state index contributed by atoms with van der Waals surface area (Å²) in [6, 6.07) is 21.1. The summed E-state index contributed by atoms with van der Waals surface area (Å²) in [6.07, 6.45) is 0. The molecule has 2 amide bonds. The maximum absolute atomic E-state index is 13.4. The van der Waals surface area contributed by atoms with E-state index in [9.17, 15) is 9.59 Å². The Bertz CT molecular complexity index is 1210. The van der Waals surface area contributed by atoms with Crippen LogP contribution in [0.25, 0.3) is 21.2 Å². The average Bonchev–Trinajstić information content (AvgIpc) is 3.31. The van der Waals surface area contributed by atoms with Crippen LogP contribution in [-0.4, -0.2) is 11.8 Å². The van der Waals surface area contributed by atoms with Gasteiger partial charge in [0.2, 0.25) is 0 Å². The summed E-state index contributed by atoms with van der Waals surface area (Å²) >= 11 is 1.58. The first-order valence-electron chi connectivity index (χ1n) is 8.71. The highest BCUT2D eigenvalue weighted by molar-refractivity contribution is 7.13. The van der Waals surface area contributed by atoms with Gasteiger partial charge in [-0.15, -0.1) is 11.3 Å². The SMILES string of the molecule is Cc1c2c(c(-c3cccs3)c3ccccc13)C(=O)N(c1ccccc1)C2=O. The number of benzene rings is 3. The number of fused-ring (bicyclic) bond motifs is 2. The van der Waals surface area contributed by atoms with Crippen LogP contribution in [0.2, 0.25) is 0 Å². The van der Waals surface area contributed by atoms with Crippen LogP contribution in [0.4, 0.5) is 5.69 Å². The summed E-state index contributed by atoms with van der Waals surface area (Å²) in [6.45, 7) is 1.93. The van der Waals surface area contributed by atoms with Crippen molar-refractivity contribution in [2.75, 3.05) is 4.90 Å². The maximum Gasteiger partial charge on any atom is 0.266 e. The molecule has 3 aromatic carbocycles. The molecule has 0 spiro atoms. The zero-order valence-corrected chi connectivity index (χ0v) is 15.4. The molecule has 1 aliphatic heterocycles. The van der Waals surface area contributed by atoms with E-state index in [4.69, 9.17) is 0 Å². The van der Waals surface area contributed by atoms with E-state index in [2.05, 4.69) is 0 Å². The average molecular weight is 369 g/mol.